The number of aliphatic hydroxyl groups excluding tert-OH is 1. The third-order valence-electron chi connectivity index (χ3n) is 4.05. The number of carbonyl (C=O) groups excluding carboxylic acids is 1. The van der Waals surface area contributed by atoms with Crippen LogP contribution in [0.5, 0.6) is 0 Å². The van der Waals surface area contributed by atoms with Gasteiger partial charge in [0.1, 0.15) is 0 Å². The van der Waals surface area contributed by atoms with Crippen LogP contribution in [0, 0.1) is 0 Å². The molecule has 0 bridgehead atoms. The first kappa shape index (κ1) is 18.6. The van der Waals surface area contributed by atoms with Gasteiger partial charge in [-0.05, 0) is 43.5 Å². The summed E-state index contributed by atoms with van der Waals surface area (Å²) in [7, 11) is 1.00. The molecule has 0 spiro atoms. The minimum absolute atomic E-state index is 0.218. The lowest BCUT2D eigenvalue weighted by molar-refractivity contribution is -0.133. The summed E-state index contributed by atoms with van der Waals surface area (Å²) in [5.41, 5.74) is 2.66. The number of thioether (sulfide) groups is 1. The summed E-state index contributed by atoms with van der Waals surface area (Å²) in [6.45, 7) is 5.59. The number of nitrogens with zero attached hydrogens (tertiary/aromatic N) is 1. The number of fused-ring (bicyclic) bond motifs is 1. The quantitative estimate of drug-likeness (QED) is 0.863. The SMILES string of the molecule is CC(C)(Sc1ccccc1)C(=O)N1CCc2ccccc2C1.CO. The highest BCUT2D eigenvalue weighted by molar-refractivity contribution is 8.01. The molecule has 1 N–H and O–H groups in total. The molecule has 4 heteroatoms. The topological polar surface area (TPSA) is 40.5 Å². The molecule has 0 unspecified atom stereocenters. The molecular weight excluding hydrogens is 318 g/mol. The molecule has 1 aliphatic rings. The standard InChI is InChI=1S/C19H21NOS.CH4O/c1-19(2,22-17-10-4-3-5-11-17)18(21)20-13-12-15-8-6-7-9-16(15)14-20;1-2/h3-11H,12-14H2,1-2H3;2H,1H3. The van der Waals surface area contributed by atoms with Crippen LogP contribution < -0.4 is 0 Å². The Morgan fingerprint density at radius 2 is 1.58 bits per heavy atom. The predicted molar refractivity (Wildman–Crippen MR) is 100 cm³/mol. The number of benzene rings is 2. The van der Waals surface area contributed by atoms with Gasteiger partial charge in [0, 0.05) is 25.1 Å². The summed E-state index contributed by atoms with van der Waals surface area (Å²) in [5, 5.41) is 7.00. The molecule has 24 heavy (non-hydrogen) atoms. The van der Waals surface area contributed by atoms with E-state index in [0.717, 1.165) is 31.5 Å². The van der Waals surface area contributed by atoms with Crippen LogP contribution in [0.3, 0.4) is 0 Å². The lowest BCUT2D eigenvalue weighted by Crippen LogP contribution is -2.45. The van der Waals surface area contributed by atoms with E-state index in [0.29, 0.717) is 0 Å². The Kier molecular flexibility index (Phi) is 6.46. The molecule has 2 aromatic rings. The predicted octanol–water partition coefficient (Wildman–Crippen LogP) is 3.75. The van der Waals surface area contributed by atoms with E-state index in [9.17, 15) is 4.79 Å². The fraction of sp³-hybridized carbons (Fsp3) is 0.350. The highest BCUT2D eigenvalue weighted by Crippen LogP contribution is 2.35. The smallest absolute Gasteiger partial charge is 0.238 e. The van der Waals surface area contributed by atoms with E-state index in [1.807, 2.05) is 36.9 Å². The lowest BCUT2D eigenvalue weighted by Gasteiger charge is -2.35. The third-order valence-corrected chi connectivity index (χ3v) is 5.24. The van der Waals surface area contributed by atoms with Gasteiger partial charge in [-0.25, -0.2) is 0 Å². The van der Waals surface area contributed by atoms with Gasteiger partial charge in [0.15, 0.2) is 0 Å². The second kappa shape index (κ2) is 8.36. The Morgan fingerprint density at radius 1 is 1.00 bits per heavy atom. The van der Waals surface area contributed by atoms with Gasteiger partial charge < -0.3 is 10.0 Å². The van der Waals surface area contributed by atoms with Crippen LogP contribution in [0.15, 0.2) is 59.5 Å². The average molecular weight is 343 g/mol. The minimum atomic E-state index is -0.451. The van der Waals surface area contributed by atoms with Crippen LogP contribution in [0.1, 0.15) is 25.0 Å². The number of hydrogen-bond acceptors (Lipinski definition) is 3. The molecule has 0 radical (unpaired) electrons. The van der Waals surface area contributed by atoms with Gasteiger partial charge in [-0.1, -0.05) is 42.5 Å². The van der Waals surface area contributed by atoms with Crippen molar-refractivity contribution in [2.45, 2.75) is 36.5 Å². The minimum Gasteiger partial charge on any atom is -0.400 e. The van der Waals surface area contributed by atoms with E-state index in [-0.39, 0.29) is 5.91 Å². The Balaban J connectivity index is 0.00000100. The maximum atomic E-state index is 12.9. The number of rotatable bonds is 3. The first-order valence-electron chi connectivity index (χ1n) is 8.11. The van der Waals surface area contributed by atoms with Crippen molar-refractivity contribution in [2.75, 3.05) is 13.7 Å². The molecule has 1 heterocycles. The number of hydrogen-bond donors (Lipinski definition) is 1. The number of amides is 1. The van der Waals surface area contributed by atoms with E-state index < -0.39 is 4.75 Å². The van der Waals surface area contributed by atoms with Crippen molar-refractivity contribution in [2.24, 2.45) is 0 Å². The molecule has 0 aromatic heterocycles. The Bertz CT molecular complexity index is 670. The average Bonchev–Trinajstić information content (AvgIpc) is 2.63. The summed E-state index contributed by atoms with van der Waals surface area (Å²) < 4.78 is -0.451. The van der Waals surface area contributed by atoms with Gasteiger partial charge in [0.25, 0.3) is 0 Å². The van der Waals surface area contributed by atoms with Crippen LogP contribution in [-0.2, 0) is 17.8 Å². The molecule has 2 aromatic carbocycles. The van der Waals surface area contributed by atoms with Crippen LogP contribution in [0.2, 0.25) is 0 Å². The van der Waals surface area contributed by atoms with Gasteiger partial charge in [-0.15, -0.1) is 11.8 Å². The fourth-order valence-corrected chi connectivity index (χ4v) is 3.98. The van der Waals surface area contributed by atoms with Crippen molar-refractivity contribution >= 4 is 17.7 Å². The zero-order valence-corrected chi connectivity index (χ0v) is 15.3. The highest BCUT2D eigenvalue weighted by atomic mass is 32.2. The first-order valence-corrected chi connectivity index (χ1v) is 8.93. The van der Waals surface area contributed by atoms with Crippen LogP contribution >= 0.6 is 11.8 Å². The van der Waals surface area contributed by atoms with E-state index >= 15 is 0 Å². The second-order valence-electron chi connectivity index (χ2n) is 6.17. The second-order valence-corrected chi connectivity index (χ2v) is 7.87. The molecule has 1 aliphatic heterocycles. The van der Waals surface area contributed by atoms with Crippen LogP contribution in [-0.4, -0.2) is 34.3 Å². The van der Waals surface area contributed by atoms with Crippen LogP contribution in [0.4, 0.5) is 0 Å². The van der Waals surface area contributed by atoms with Crippen LogP contribution in [0.25, 0.3) is 0 Å². The van der Waals surface area contributed by atoms with Gasteiger partial charge >= 0.3 is 0 Å². The van der Waals surface area contributed by atoms with Gasteiger partial charge in [0.05, 0.1) is 4.75 Å². The summed E-state index contributed by atoms with van der Waals surface area (Å²) >= 11 is 1.64. The third kappa shape index (κ3) is 4.40. The molecule has 0 fully saturated rings. The molecule has 0 aliphatic carbocycles. The van der Waals surface area contributed by atoms with E-state index in [1.165, 1.54) is 11.1 Å². The molecule has 1 amide bonds. The maximum absolute atomic E-state index is 12.9. The lowest BCUT2D eigenvalue weighted by atomic mass is 9.99. The molecular formula is C20H25NO2S. The van der Waals surface area contributed by atoms with Crippen molar-refractivity contribution in [3.8, 4) is 0 Å². The fourth-order valence-electron chi connectivity index (χ4n) is 2.88. The van der Waals surface area contributed by atoms with Crippen molar-refractivity contribution in [1.82, 2.24) is 4.90 Å². The first-order chi connectivity index (χ1) is 11.6. The Hall–Kier alpha value is -1.78. The van der Waals surface area contributed by atoms with Gasteiger partial charge in [-0.2, -0.15) is 0 Å². The zero-order valence-electron chi connectivity index (χ0n) is 14.5. The van der Waals surface area contributed by atoms with E-state index in [4.69, 9.17) is 5.11 Å². The normalized spacial score (nSPS) is 13.6. The molecule has 0 atom stereocenters. The van der Waals surface area contributed by atoms with Gasteiger partial charge in [0.2, 0.25) is 5.91 Å². The van der Waals surface area contributed by atoms with E-state index in [2.05, 4.69) is 36.4 Å². The molecule has 3 nitrogen and oxygen atoms in total. The van der Waals surface area contributed by atoms with E-state index in [1.54, 1.807) is 11.8 Å². The maximum Gasteiger partial charge on any atom is 0.238 e. The highest BCUT2D eigenvalue weighted by Gasteiger charge is 2.34. The summed E-state index contributed by atoms with van der Waals surface area (Å²) in [6.07, 6.45) is 0.952. The monoisotopic (exact) mass is 343 g/mol. The van der Waals surface area contributed by atoms with Crippen molar-refractivity contribution in [1.29, 1.82) is 0 Å². The summed E-state index contributed by atoms with van der Waals surface area (Å²) in [4.78, 5) is 16.1. The summed E-state index contributed by atoms with van der Waals surface area (Å²) in [6, 6.07) is 18.6. The zero-order chi connectivity index (χ0) is 17.6. The Labute approximate surface area is 148 Å². The molecule has 0 saturated carbocycles. The molecule has 128 valence electrons. The molecule has 0 saturated heterocycles. The number of aliphatic hydroxyl groups is 1. The van der Waals surface area contributed by atoms with Crippen molar-refractivity contribution in [3.63, 3.8) is 0 Å². The van der Waals surface area contributed by atoms with Crippen molar-refractivity contribution < 1.29 is 9.90 Å². The Morgan fingerprint density at radius 3 is 2.25 bits per heavy atom. The molecule has 3 rings (SSSR count). The van der Waals surface area contributed by atoms with Crippen molar-refractivity contribution in [3.05, 3.63) is 65.7 Å². The summed E-state index contributed by atoms with van der Waals surface area (Å²) in [5.74, 6) is 0.218. The van der Waals surface area contributed by atoms with Gasteiger partial charge in [-0.3, -0.25) is 4.79 Å². The number of carbonyl (C=O) groups is 1. The largest absolute Gasteiger partial charge is 0.400 e.